The van der Waals surface area contributed by atoms with Crippen LogP contribution in [0.2, 0.25) is 0 Å². The molecule has 0 aromatic heterocycles. The summed E-state index contributed by atoms with van der Waals surface area (Å²) in [5, 5.41) is 10.4. The fraction of sp³-hybridized carbons (Fsp3) is 1.00. The highest BCUT2D eigenvalue weighted by molar-refractivity contribution is 4.87. The molecule has 2 atom stereocenters. The van der Waals surface area contributed by atoms with Gasteiger partial charge in [0.05, 0.1) is 6.10 Å². The van der Waals surface area contributed by atoms with Crippen LogP contribution in [0.25, 0.3) is 0 Å². The maximum absolute atomic E-state index is 10.4. The standard InChI is InChI=1S/C12H26N2O/c1-5-10(6-2)12(15)11-9-13(3)7-8-14(11)4/h10-12,15H,5-9H2,1-4H3. The van der Waals surface area contributed by atoms with Gasteiger partial charge in [-0.2, -0.15) is 0 Å². The first-order valence-corrected chi connectivity index (χ1v) is 6.17. The minimum Gasteiger partial charge on any atom is -0.391 e. The van der Waals surface area contributed by atoms with Gasteiger partial charge in [-0.15, -0.1) is 0 Å². The summed E-state index contributed by atoms with van der Waals surface area (Å²) in [7, 11) is 4.27. The fourth-order valence-corrected chi connectivity index (χ4v) is 2.50. The van der Waals surface area contributed by atoms with Crippen LogP contribution in [0.4, 0.5) is 0 Å². The quantitative estimate of drug-likeness (QED) is 0.757. The Balaban J connectivity index is 2.59. The van der Waals surface area contributed by atoms with Crippen molar-refractivity contribution in [2.75, 3.05) is 33.7 Å². The predicted molar refractivity (Wildman–Crippen MR) is 64.0 cm³/mol. The van der Waals surface area contributed by atoms with Gasteiger partial charge in [0.15, 0.2) is 0 Å². The Bertz CT molecular complexity index is 182. The van der Waals surface area contributed by atoms with Gasteiger partial charge in [-0.1, -0.05) is 26.7 Å². The van der Waals surface area contributed by atoms with Crippen LogP contribution in [0.5, 0.6) is 0 Å². The maximum Gasteiger partial charge on any atom is 0.0735 e. The Morgan fingerprint density at radius 2 is 1.80 bits per heavy atom. The van der Waals surface area contributed by atoms with Gasteiger partial charge in [0.1, 0.15) is 0 Å². The molecule has 3 heteroatoms. The number of aliphatic hydroxyl groups excluding tert-OH is 1. The highest BCUT2D eigenvalue weighted by atomic mass is 16.3. The van der Waals surface area contributed by atoms with Crippen LogP contribution >= 0.6 is 0 Å². The van der Waals surface area contributed by atoms with E-state index in [0.717, 1.165) is 32.5 Å². The van der Waals surface area contributed by atoms with Crippen LogP contribution in [0.3, 0.4) is 0 Å². The number of hydrogen-bond acceptors (Lipinski definition) is 3. The summed E-state index contributed by atoms with van der Waals surface area (Å²) < 4.78 is 0. The molecule has 2 unspecified atom stereocenters. The zero-order valence-electron chi connectivity index (χ0n) is 10.6. The molecule has 0 saturated carbocycles. The van der Waals surface area contributed by atoms with Gasteiger partial charge in [-0.25, -0.2) is 0 Å². The molecule has 0 amide bonds. The minimum atomic E-state index is -0.173. The molecule has 1 saturated heterocycles. The van der Waals surface area contributed by atoms with E-state index in [0.29, 0.717) is 12.0 Å². The normalized spacial score (nSPS) is 27.2. The van der Waals surface area contributed by atoms with Gasteiger partial charge >= 0.3 is 0 Å². The monoisotopic (exact) mass is 214 g/mol. The zero-order valence-corrected chi connectivity index (χ0v) is 10.6. The van der Waals surface area contributed by atoms with Crippen molar-refractivity contribution >= 4 is 0 Å². The largest absolute Gasteiger partial charge is 0.391 e. The molecule has 0 aromatic rings. The third-order valence-electron chi connectivity index (χ3n) is 3.83. The number of rotatable bonds is 4. The second-order valence-electron chi connectivity index (χ2n) is 4.88. The molecule has 1 fully saturated rings. The van der Waals surface area contributed by atoms with Gasteiger partial charge < -0.3 is 10.0 Å². The lowest BCUT2D eigenvalue weighted by Gasteiger charge is -2.42. The highest BCUT2D eigenvalue weighted by Crippen LogP contribution is 2.21. The Hall–Kier alpha value is -0.120. The Labute approximate surface area is 94.1 Å². The molecule has 90 valence electrons. The van der Waals surface area contributed by atoms with E-state index in [2.05, 4.69) is 37.7 Å². The Kier molecular flexibility index (Phi) is 5.03. The third kappa shape index (κ3) is 3.16. The second kappa shape index (κ2) is 5.83. The van der Waals surface area contributed by atoms with Gasteiger partial charge in [-0.3, -0.25) is 4.90 Å². The SMILES string of the molecule is CCC(CC)C(O)C1CN(C)CCN1C. The van der Waals surface area contributed by atoms with E-state index in [1.165, 1.54) is 0 Å². The average Bonchev–Trinajstić information content (AvgIpc) is 2.23. The van der Waals surface area contributed by atoms with E-state index in [9.17, 15) is 5.11 Å². The molecule has 1 aliphatic rings. The lowest BCUT2D eigenvalue weighted by atomic mass is 9.90. The molecule has 0 aliphatic carbocycles. The average molecular weight is 214 g/mol. The van der Waals surface area contributed by atoms with E-state index in [1.807, 2.05) is 0 Å². The van der Waals surface area contributed by atoms with Gasteiger partial charge in [-0.05, 0) is 20.0 Å². The Morgan fingerprint density at radius 1 is 1.20 bits per heavy atom. The molecule has 0 aromatic carbocycles. The van der Waals surface area contributed by atoms with Crippen LogP contribution < -0.4 is 0 Å². The molecular weight excluding hydrogens is 188 g/mol. The molecule has 0 radical (unpaired) electrons. The van der Waals surface area contributed by atoms with E-state index < -0.39 is 0 Å². The van der Waals surface area contributed by atoms with Crippen molar-refractivity contribution in [3.63, 3.8) is 0 Å². The summed E-state index contributed by atoms with van der Waals surface area (Å²) in [5.41, 5.74) is 0. The first kappa shape index (κ1) is 12.9. The highest BCUT2D eigenvalue weighted by Gasteiger charge is 2.31. The van der Waals surface area contributed by atoms with Crippen molar-refractivity contribution in [1.82, 2.24) is 9.80 Å². The van der Waals surface area contributed by atoms with Crippen molar-refractivity contribution in [3.05, 3.63) is 0 Å². The van der Waals surface area contributed by atoms with Crippen LogP contribution in [-0.2, 0) is 0 Å². The van der Waals surface area contributed by atoms with Gasteiger partial charge in [0.25, 0.3) is 0 Å². The van der Waals surface area contributed by atoms with Crippen molar-refractivity contribution in [1.29, 1.82) is 0 Å². The first-order chi connectivity index (χ1) is 7.10. The summed E-state index contributed by atoms with van der Waals surface area (Å²) in [6, 6.07) is 0.314. The van der Waals surface area contributed by atoms with Crippen molar-refractivity contribution < 1.29 is 5.11 Å². The molecular formula is C12H26N2O. The molecule has 1 N–H and O–H groups in total. The second-order valence-corrected chi connectivity index (χ2v) is 4.88. The van der Waals surface area contributed by atoms with E-state index in [1.54, 1.807) is 0 Å². The molecule has 1 heterocycles. The molecule has 1 aliphatic heterocycles. The number of piperazine rings is 1. The number of likely N-dealkylation sites (N-methyl/N-ethyl adjacent to an activating group) is 2. The summed E-state index contributed by atoms with van der Waals surface area (Å²) in [5.74, 6) is 0.448. The van der Waals surface area contributed by atoms with Crippen molar-refractivity contribution in [2.45, 2.75) is 38.8 Å². The van der Waals surface area contributed by atoms with Gasteiger partial charge in [0.2, 0.25) is 0 Å². The van der Waals surface area contributed by atoms with E-state index in [4.69, 9.17) is 0 Å². The third-order valence-corrected chi connectivity index (χ3v) is 3.83. The molecule has 15 heavy (non-hydrogen) atoms. The molecule has 3 nitrogen and oxygen atoms in total. The van der Waals surface area contributed by atoms with Crippen LogP contribution in [-0.4, -0.2) is 60.8 Å². The van der Waals surface area contributed by atoms with Crippen LogP contribution in [0, 0.1) is 5.92 Å². The van der Waals surface area contributed by atoms with Crippen LogP contribution in [0.15, 0.2) is 0 Å². The fourth-order valence-electron chi connectivity index (χ4n) is 2.50. The minimum absolute atomic E-state index is 0.173. The van der Waals surface area contributed by atoms with Crippen molar-refractivity contribution in [3.8, 4) is 0 Å². The first-order valence-electron chi connectivity index (χ1n) is 6.17. The topological polar surface area (TPSA) is 26.7 Å². The van der Waals surface area contributed by atoms with E-state index >= 15 is 0 Å². The van der Waals surface area contributed by atoms with Crippen molar-refractivity contribution in [2.24, 2.45) is 5.92 Å². The van der Waals surface area contributed by atoms with E-state index in [-0.39, 0.29) is 6.10 Å². The zero-order chi connectivity index (χ0) is 11.4. The maximum atomic E-state index is 10.4. The summed E-state index contributed by atoms with van der Waals surface area (Å²) in [6.45, 7) is 7.52. The van der Waals surface area contributed by atoms with Gasteiger partial charge in [0, 0.05) is 25.7 Å². The summed E-state index contributed by atoms with van der Waals surface area (Å²) in [4.78, 5) is 4.62. The smallest absolute Gasteiger partial charge is 0.0735 e. The molecule has 0 bridgehead atoms. The molecule has 0 spiro atoms. The lowest BCUT2D eigenvalue weighted by Crippen LogP contribution is -2.56. The number of nitrogens with zero attached hydrogens (tertiary/aromatic N) is 2. The molecule has 1 rings (SSSR count). The Morgan fingerprint density at radius 3 is 2.33 bits per heavy atom. The summed E-state index contributed by atoms with van der Waals surface area (Å²) in [6.07, 6.45) is 1.98. The summed E-state index contributed by atoms with van der Waals surface area (Å²) >= 11 is 0. The predicted octanol–water partition coefficient (Wildman–Crippen LogP) is 1.03. The number of hydrogen-bond donors (Lipinski definition) is 1. The lowest BCUT2D eigenvalue weighted by molar-refractivity contribution is -0.0176. The number of aliphatic hydroxyl groups is 1. The van der Waals surface area contributed by atoms with Crippen LogP contribution in [0.1, 0.15) is 26.7 Å².